The van der Waals surface area contributed by atoms with Gasteiger partial charge in [0.05, 0.1) is 11.3 Å². The molecule has 2 aromatic carbocycles. The van der Waals surface area contributed by atoms with Crippen LogP contribution in [0.3, 0.4) is 0 Å². The van der Waals surface area contributed by atoms with Crippen LogP contribution in [0.1, 0.15) is 25.5 Å². The van der Waals surface area contributed by atoms with E-state index in [0.717, 1.165) is 22.0 Å². The maximum Gasteiger partial charge on any atom is 0.233 e. The number of thioether (sulfide) groups is 1. The van der Waals surface area contributed by atoms with E-state index in [1.807, 2.05) is 56.3 Å². The predicted molar refractivity (Wildman–Crippen MR) is 101 cm³/mol. The molecule has 2 aromatic rings. The van der Waals surface area contributed by atoms with Gasteiger partial charge in [-0.25, -0.2) is 0 Å². The SMILES string of the molecule is C[C@H](Sc1ccc(Cl)cc1)C(=O)N[C@@H](C)c1ccc2c(c1)OCCO2. The van der Waals surface area contributed by atoms with Crippen molar-refractivity contribution in [3.63, 3.8) is 0 Å². The molecule has 3 rings (SSSR count). The van der Waals surface area contributed by atoms with Gasteiger partial charge in [0.25, 0.3) is 0 Å². The van der Waals surface area contributed by atoms with Crippen LogP contribution < -0.4 is 14.8 Å². The summed E-state index contributed by atoms with van der Waals surface area (Å²) in [5.41, 5.74) is 0.987. The smallest absolute Gasteiger partial charge is 0.233 e. The van der Waals surface area contributed by atoms with Gasteiger partial charge in [0.2, 0.25) is 5.91 Å². The molecule has 25 heavy (non-hydrogen) atoms. The first kappa shape index (κ1) is 18.0. The van der Waals surface area contributed by atoms with Gasteiger partial charge in [-0.3, -0.25) is 4.79 Å². The largest absolute Gasteiger partial charge is 0.486 e. The molecule has 0 aliphatic carbocycles. The first-order valence-electron chi connectivity index (χ1n) is 8.15. The molecule has 4 nitrogen and oxygen atoms in total. The Morgan fingerprint density at radius 1 is 1.08 bits per heavy atom. The highest BCUT2D eigenvalue weighted by molar-refractivity contribution is 8.00. The average Bonchev–Trinajstić information content (AvgIpc) is 2.63. The van der Waals surface area contributed by atoms with Gasteiger partial charge < -0.3 is 14.8 Å². The van der Waals surface area contributed by atoms with Gasteiger partial charge in [0, 0.05) is 9.92 Å². The van der Waals surface area contributed by atoms with E-state index in [1.54, 1.807) is 0 Å². The molecule has 2 atom stereocenters. The van der Waals surface area contributed by atoms with Crippen LogP contribution in [0.5, 0.6) is 11.5 Å². The fourth-order valence-corrected chi connectivity index (χ4v) is 3.52. The quantitative estimate of drug-likeness (QED) is 0.781. The van der Waals surface area contributed by atoms with Crippen LogP contribution in [-0.2, 0) is 4.79 Å². The van der Waals surface area contributed by atoms with Crippen molar-refractivity contribution in [3.8, 4) is 11.5 Å². The van der Waals surface area contributed by atoms with Crippen LogP contribution in [0.25, 0.3) is 0 Å². The Morgan fingerprint density at radius 2 is 1.76 bits per heavy atom. The van der Waals surface area contributed by atoms with Gasteiger partial charge in [0.1, 0.15) is 13.2 Å². The van der Waals surface area contributed by atoms with Crippen LogP contribution in [0.15, 0.2) is 47.4 Å². The number of hydrogen-bond donors (Lipinski definition) is 1. The third kappa shape index (κ3) is 4.61. The topological polar surface area (TPSA) is 47.6 Å². The van der Waals surface area contributed by atoms with Crippen LogP contribution in [0, 0.1) is 0 Å². The molecule has 0 spiro atoms. The zero-order valence-corrected chi connectivity index (χ0v) is 15.7. The highest BCUT2D eigenvalue weighted by Crippen LogP contribution is 2.33. The molecule has 0 aromatic heterocycles. The first-order chi connectivity index (χ1) is 12.0. The van der Waals surface area contributed by atoms with E-state index >= 15 is 0 Å². The summed E-state index contributed by atoms with van der Waals surface area (Å²) >= 11 is 7.40. The van der Waals surface area contributed by atoms with E-state index in [1.165, 1.54) is 11.8 Å². The fraction of sp³-hybridized carbons (Fsp3) is 0.316. The number of hydrogen-bond acceptors (Lipinski definition) is 4. The second-order valence-electron chi connectivity index (χ2n) is 5.85. The molecule has 0 fully saturated rings. The molecule has 1 aliphatic heterocycles. The third-order valence-electron chi connectivity index (χ3n) is 3.92. The molecule has 1 amide bonds. The summed E-state index contributed by atoms with van der Waals surface area (Å²) in [6.07, 6.45) is 0. The summed E-state index contributed by atoms with van der Waals surface area (Å²) in [7, 11) is 0. The lowest BCUT2D eigenvalue weighted by atomic mass is 10.1. The lowest BCUT2D eigenvalue weighted by molar-refractivity contribution is -0.120. The van der Waals surface area contributed by atoms with Crippen molar-refractivity contribution in [3.05, 3.63) is 53.1 Å². The maximum atomic E-state index is 12.5. The third-order valence-corrected chi connectivity index (χ3v) is 5.28. The highest BCUT2D eigenvalue weighted by Gasteiger charge is 2.19. The summed E-state index contributed by atoms with van der Waals surface area (Å²) < 4.78 is 11.1. The Morgan fingerprint density at radius 3 is 2.48 bits per heavy atom. The van der Waals surface area contributed by atoms with Crippen molar-refractivity contribution in [1.82, 2.24) is 5.32 Å². The highest BCUT2D eigenvalue weighted by atomic mass is 35.5. The first-order valence-corrected chi connectivity index (χ1v) is 9.41. The Kier molecular flexibility index (Phi) is 5.76. The summed E-state index contributed by atoms with van der Waals surface area (Å²) in [4.78, 5) is 13.5. The van der Waals surface area contributed by atoms with Gasteiger partial charge in [-0.05, 0) is 55.8 Å². The number of fused-ring (bicyclic) bond motifs is 1. The molecular formula is C19H20ClNO3S. The molecule has 1 N–H and O–H groups in total. The Bertz CT molecular complexity index is 751. The van der Waals surface area contributed by atoms with Gasteiger partial charge in [-0.1, -0.05) is 17.7 Å². The minimum atomic E-state index is -0.208. The van der Waals surface area contributed by atoms with Gasteiger partial charge in [-0.2, -0.15) is 0 Å². The Hall–Kier alpha value is -1.85. The minimum absolute atomic E-state index is 0.0117. The summed E-state index contributed by atoms with van der Waals surface area (Å²) in [6.45, 7) is 4.97. The Balaban J connectivity index is 1.60. The molecule has 132 valence electrons. The number of halogens is 1. The number of carbonyl (C=O) groups is 1. The number of benzene rings is 2. The maximum absolute atomic E-state index is 12.5. The molecule has 0 saturated heterocycles. The monoisotopic (exact) mass is 377 g/mol. The van der Waals surface area contributed by atoms with Crippen molar-refractivity contribution in [2.24, 2.45) is 0 Å². The number of rotatable bonds is 5. The number of ether oxygens (including phenoxy) is 2. The fourth-order valence-electron chi connectivity index (χ4n) is 2.51. The zero-order chi connectivity index (χ0) is 17.8. The zero-order valence-electron chi connectivity index (χ0n) is 14.1. The van der Waals surface area contributed by atoms with Crippen molar-refractivity contribution in [2.45, 2.75) is 30.0 Å². The summed E-state index contributed by atoms with van der Waals surface area (Å²) in [6, 6.07) is 13.1. The lowest BCUT2D eigenvalue weighted by Crippen LogP contribution is -2.33. The van der Waals surface area contributed by atoms with Gasteiger partial charge in [-0.15, -0.1) is 11.8 Å². The van der Waals surface area contributed by atoms with Gasteiger partial charge in [0.15, 0.2) is 11.5 Å². The molecule has 0 bridgehead atoms. The second kappa shape index (κ2) is 8.02. The molecule has 6 heteroatoms. The van der Waals surface area contributed by atoms with E-state index in [0.29, 0.717) is 18.2 Å². The number of carbonyl (C=O) groups excluding carboxylic acids is 1. The van der Waals surface area contributed by atoms with Crippen molar-refractivity contribution in [1.29, 1.82) is 0 Å². The van der Waals surface area contributed by atoms with Crippen molar-refractivity contribution in [2.75, 3.05) is 13.2 Å². The van der Waals surface area contributed by atoms with Crippen LogP contribution in [0.4, 0.5) is 0 Å². The minimum Gasteiger partial charge on any atom is -0.486 e. The predicted octanol–water partition coefficient (Wildman–Crippen LogP) is 4.47. The van der Waals surface area contributed by atoms with Crippen LogP contribution in [-0.4, -0.2) is 24.4 Å². The molecule has 0 radical (unpaired) electrons. The average molecular weight is 378 g/mol. The summed E-state index contributed by atoms with van der Waals surface area (Å²) in [5.74, 6) is 1.47. The van der Waals surface area contributed by atoms with E-state index in [4.69, 9.17) is 21.1 Å². The molecule has 0 unspecified atom stereocenters. The Labute approximate surface area is 156 Å². The normalized spacial score (nSPS) is 15.3. The van der Waals surface area contributed by atoms with E-state index in [9.17, 15) is 4.79 Å². The molecule has 0 saturated carbocycles. The number of nitrogens with one attached hydrogen (secondary N) is 1. The number of amides is 1. The lowest BCUT2D eigenvalue weighted by Gasteiger charge is -2.22. The van der Waals surface area contributed by atoms with E-state index in [-0.39, 0.29) is 17.2 Å². The second-order valence-corrected chi connectivity index (χ2v) is 7.70. The summed E-state index contributed by atoms with van der Waals surface area (Å²) in [5, 5.41) is 3.53. The van der Waals surface area contributed by atoms with Crippen LogP contribution in [0.2, 0.25) is 5.02 Å². The standard InChI is InChI=1S/C19H20ClNO3S/c1-12(14-3-8-17-18(11-14)24-10-9-23-17)21-19(22)13(2)25-16-6-4-15(20)5-7-16/h3-8,11-13H,9-10H2,1-2H3,(H,21,22)/t12-,13-/m0/s1. The molecule has 1 aliphatic rings. The van der Waals surface area contributed by atoms with E-state index < -0.39 is 0 Å². The van der Waals surface area contributed by atoms with Crippen LogP contribution >= 0.6 is 23.4 Å². The van der Waals surface area contributed by atoms with Crippen molar-refractivity contribution >= 4 is 29.3 Å². The van der Waals surface area contributed by atoms with Crippen molar-refractivity contribution < 1.29 is 14.3 Å². The molecule has 1 heterocycles. The van der Waals surface area contributed by atoms with Gasteiger partial charge >= 0.3 is 0 Å². The van der Waals surface area contributed by atoms with E-state index in [2.05, 4.69) is 5.32 Å². The molecular weight excluding hydrogens is 358 g/mol.